The fourth-order valence-corrected chi connectivity index (χ4v) is 2.78. The summed E-state index contributed by atoms with van der Waals surface area (Å²) < 4.78 is 7.14. The standard InChI is InChI=1S/C11H22N2O2S/c1-9(2)16-13-7-5-12(6-8-13)10(3)11(14)15-4/h9-10H,5-8H2,1-4H3/t10-/m1/s1. The largest absolute Gasteiger partial charge is 0.468 e. The van der Waals surface area contributed by atoms with Crippen LogP contribution in [-0.2, 0) is 9.53 Å². The molecule has 1 atom stereocenters. The Morgan fingerprint density at radius 2 is 1.75 bits per heavy atom. The molecule has 0 aliphatic carbocycles. The minimum Gasteiger partial charge on any atom is -0.468 e. The highest BCUT2D eigenvalue weighted by Gasteiger charge is 2.26. The van der Waals surface area contributed by atoms with Crippen LogP contribution in [0, 0.1) is 0 Å². The summed E-state index contributed by atoms with van der Waals surface area (Å²) in [5.41, 5.74) is 0. The van der Waals surface area contributed by atoms with Gasteiger partial charge in [0.2, 0.25) is 0 Å². The number of nitrogens with zero attached hydrogens (tertiary/aromatic N) is 2. The van der Waals surface area contributed by atoms with Crippen LogP contribution in [0.3, 0.4) is 0 Å². The van der Waals surface area contributed by atoms with Crippen LogP contribution in [-0.4, -0.2) is 59.8 Å². The molecule has 16 heavy (non-hydrogen) atoms. The van der Waals surface area contributed by atoms with Crippen LogP contribution in [0.4, 0.5) is 0 Å². The van der Waals surface area contributed by atoms with Gasteiger partial charge >= 0.3 is 5.97 Å². The Morgan fingerprint density at radius 3 is 2.19 bits per heavy atom. The van der Waals surface area contributed by atoms with E-state index in [1.807, 2.05) is 18.9 Å². The van der Waals surface area contributed by atoms with Crippen LogP contribution in [0.15, 0.2) is 0 Å². The van der Waals surface area contributed by atoms with Crippen molar-refractivity contribution in [1.82, 2.24) is 9.21 Å². The van der Waals surface area contributed by atoms with Crippen LogP contribution >= 0.6 is 11.9 Å². The van der Waals surface area contributed by atoms with Crippen molar-refractivity contribution in [2.24, 2.45) is 0 Å². The summed E-state index contributed by atoms with van der Waals surface area (Å²) in [6, 6.07) is -0.115. The number of hydrogen-bond donors (Lipinski definition) is 0. The molecular formula is C11H22N2O2S. The van der Waals surface area contributed by atoms with Gasteiger partial charge in [0, 0.05) is 31.4 Å². The Hall–Kier alpha value is -0.260. The van der Waals surface area contributed by atoms with E-state index in [0.717, 1.165) is 26.2 Å². The van der Waals surface area contributed by atoms with E-state index in [4.69, 9.17) is 4.74 Å². The molecule has 1 aliphatic rings. The molecule has 0 bridgehead atoms. The number of carbonyl (C=O) groups excluding carboxylic acids is 1. The predicted molar refractivity (Wildman–Crippen MR) is 67.4 cm³/mol. The summed E-state index contributed by atoms with van der Waals surface area (Å²) in [6.45, 7) is 10.2. The average Bonchev–Trinajstić information content (AvgIpc) is 2.27. The molecule has 0 amide bonds. The van der Waals surface area contributed by atoms with E-state index >= 15 is 0 Å². The van der Waals surface area contributed by atoms with E-state index in [9.17, 15) is 4.79 Å². The van der Waals surface area contributed by atoms with Crippen molar-refractivity contribution >= 4 is 17.9 Å². The van der Waals surface area contributed by atoms with Crippen molar-refractivity contribution in [3.05, 3.63) is 0 Å². The van der Waals surface area contributed by atoms with Gasteiger partial charge in [-0.05, 0) is 6.92 Å². The smallest absolute Gasteiger partial charge is 0.322 e. The van der Waals surface area contributed by atoms with Gasteiger partial charge in [0.15, 0.2) is 0 Å². The van der Waals surface area contributed by atoms with Crippen LogP contribution in [0.2, 0.25) is 0 Å². The first kappa shape index (κ1) is 13.8. The minimum atomic E-state index is -0.134. The number of methoxy groups -OCH3 is 1. The summed E-state index contributed by atoms with van der Waals surface area (Å²) in [6.07, 6.45) is 0. The third kappa shape index (κ3) is 3.96. The number of carbonyl (C=O) groups is 1. The zero-order chi connectivity index (χ0) is 12.1. The van der Waals surface area contributed by atoms with E-state index in [1.165, 1.54) is 7.11 Å². The molecule has 0 aromatic rings. The van der Waals surface area contributed by atoms with Crippen molar-refractivity contribution in [2.75, 3.05) is 33.3 Å². The van der Waals surface area contributed by atoms with Gasteiger partial charge in [-0.15, -0.1) is 0 Å². The van der Waals surface area contributed by atoms with Crippen LogP contribution < -0.4 is 0 Å². The van der Waals surface area contributed by atoms with E-state index < -0.39 is 0 Å². The Kier molecular flexibility index (Phi) is 5.58. The molecule has 1 heterocycles. The maximum Gasteiger partial charge on any atom is 0.322 e. The molecule has 0 aromatic heterocycles. The second-order valence-electron chi connectivity index (χ2n) is 4.32. The Labute approximate surface area is 102 Å². The third-order valence-corrected chi connectivity index (χ3v) is 3.81. The van der Waals surface area contributed by atoms with Gasteiger partial charge in [-0.25, -0.2) is 4.31 Å². The third-order valence-electron chi connectivity index (χ3n) is 2.72. The SMILES string of the molecule is COC(=O)[C@@H](C)N1CCN(SC(C)C)CC1. The van der Waals surface area contributed by atoms with Gasteiger partial charge in [0.1, 0.15) is 6.04 Å². The van der Waals surface area contributed by atoms with Crippen molar-refractivity contribution in [2.45, 2.75) is 32.1 Å². The zero-order valence-corrected chi connectivity index (χ0v) is 11.4. The molecule has 0 N–H and O–H groups in total. The van der Waals surface area contributed by atoms with Crippen LogP contribution in [0.5, 0.6) is 0 Å². The minimum absolute atomic E-state index is 0.115. The number of ether oxygens (including phenoxy) is 1. The zero-order valence-electron chi connectivity index (χ0n) is 10.6. The number of hydrogen-bond acceptors (Lipinski definition) is 5. The number of rotatable bonds is 4. The fourth-order valence-electron chi connectivity index (χ4n) is 1.81. The maximum absolute atomic E-state index is 11.4. The first-order chi connectivity index (χ1) is 7.54. The maximum atomic E-state index is 11.4. The quantitative estimate of drug-likeness (QED) is 0.550. The predicted octanol–water partition coefficient (Wildman–Crippen LogP) is 1.22. The van der Waals surface area contributed by atoms with Gasteiger partial charge < -0.3 is 4.74 Å². The van der Waals surface area contributed by atoms with Gasteiger partial charge in [0.05, 0.1) is 7.11 Å². The first-order valence-electron chi connectivity index (χ1n) is 5.78. The highest BCUT2D eigenvalue weighted by Crippen LogP contribution is 2.19. The topological polar surface area (TPSA) is 32.8 Å². The molecule has 1 saturated heterocycles. The Bertz CT molecular complexity index is 228. The van der Waals surface area contributed by atoms with E-state index in [1.54, 1.807) is 0 Å². The lowest BCUT2D eigenvalue weighted by Crippen LogP contribution is -2.50. The molecule has 1 fully saturated rings. The van der Waals surface area contributed by atoms with E-state index in [-0.39, 0.29) is 12.0 Å². The summed E-state index contributed by atoms with van der Waals surface area (Å²) in [4.78, 5) is 13.6. The van der Waals surface area contributed by atoms with E-state index in [2.05, 4.69) is 23.1 Å². The molecule has 4 nitrogen and oxygen atoms in total. The second-order valence-corrected chi connectivity index (χ2v) is 5.99. The average molecular weight is 246 g/mol. The van der Waals surface area contributed by atoms with Gasteiger partial charge in [-0.3, -0.25) is 9.69 Å². The monoisotopic (exact) mass is 246 g/mol. The van der Waals surface area contributed by atoms with Crippen LogP contribution in [0.1, 0.15) is 20.8 Å². The number of piperazine rings is 1. The van der Waals surface area contributed by atoms with Crippen molar-refractivity contribution in [3.8, 4) is 0 Å². The molecule has 0 radical (unpaired) electrons. The molecule has 0 unspecified atom stereocenters. The summed E-state index contributed by atoms with van der Waals surface area (Å²) >= 11 is 1.89. The van der Waals surface area contributed by atoms with Crippen molar-refractivity contribution < 1.29 is 9.53 Å². The lowest BCUT2D eigenvalue weighted by molar-refractivity contribution is -0.146. The summed E-state index contributed by atoms with van der Waals surface area (Å²) in [5, 5.41) is 0.629. The van der Waals surface area contributed by atoms with Crippen molar-refractivity contribution in [1.29, 1.82) is 0 Å². The highest BCUT2D eigenvalue weighted by molar-refractivity contribution is 7.97. The Balaban J connectivity index is 2.34. The number of esters is 1. The molecular weight excluding hydrogens is 224 g/mol. The van der Waals surface area contributed by atoms with Crippen molar-refractivity contribution in [3.63, 3.8) is 0 Å². The second kappa shape index (κ2) is 6.47. The summed E-state index contributed by atoms with van der Waals surface area (Å²) in [5.74, 6) is -0.134. The molecule has 0 saturated carbocycles. The molecule has 1 rings (SSSR count). The molecule has 0 spiro atoms. The first-order valence-corrected chi connectivity index (χ1v) is 6.62. The molecule has 1 aliphatic heterocycles. The molecule has 94 valence electrons. The van der Waals surface area contributed by atoms with Gasteiger partial charge in [-0.1, -0.05) is 25.8 Å². The summed E-state index contributed by atoms with van der Waals surface area (Å²) in [7, 11) is 1.45. The molecule has 0 aromatic carbocycles. The highest BCUT2D eigenvalue weighted by atomic mass is 32.2. The lowest BCUT2D eigenvalue weighted by Gasteiger charge is -2.36. The normalized spacial score (nSPS) is 21.1. The Morgan fingerprint density at radius 1 is 1.19 bits per heavy atom. The van der Waals surface area contributed by atoms with Gasteiger partial charge in [0.25, 0.3) is 0 Å². The van der Waals surface area contributed by atoms with E-state index in [0.29, 0.717) is 5.25 Å². The van der Waals surface area contributed by atoms with Crippen LogP contribution in [0.25, 0.3) is 0 Å². The fraction of sp³-hybridized carbons (Fsp3) is 0.909. The lowest BCUT2D eigenvalue weighted by atomic mass is 10.2. The molecule has 5 heteroatoms. The van der Waals surface area contributed by atoms with Gasteiger partial charge in [-0.2, -0.15) is 0 Å².